The Bertz CT molecular complexity index is 281. The summed E-state index contributed by atoms with van der Waals surface area (Å²) in [5.74, 6) is 0.775. The summed E-state index contributed by atoms with van der Waals surface area (Å²) < 4.78 is 1.24. The highest BCUT2D eigenvalue weighted by Crippen LogP contribution is 2.07. The number of hydrogen-bond acceptors (Lipinski definition) is 4. The maximum absolute atomic E-state index is 4.26. The minimum absolute atomic E-state index is 0.538. The molecule has 5 heteroatoms. The van der Waals surface area contributed by atoms with Crippen LogP contribution in [-0.2, 0) is 0 Å². The fourth-order valence-electron chi connectivity index (χ4n) is 1.62. The van der Waals surface area contributed by atoms with E-state index in [0.29, 0.717) is 6.04 Å². The van der Waals surface area contributed by atoms with Gasteiger partial charge in [-0.25, -0.2) is 9.97 Å². The molecule has 74 valence electrons. The van der Waals surface area contributed by atoms with Crippen molar-refractivity contribution < 1.29 is 0 Å². The normalized spacial score (nSPS) is 18.0. The van der Waals surface area contributed by atoms with Crippen LogP contribution in [0.25, 0.3) is 0 Å². The molecule has 0 aliphatic carbocycles. The van der Waals surface area contributed by atoms with E-state index in [1.807, 2.05) is 12.4 Å². The number of hydrogen-bond donors (Lipinski definition) is 2. The Hall–Kier alpha value is -0.628. The fraction of sp³-hybridized carbons (Fsp3) is 0.556. The molecule has 1 aromatic rings. The lowest BCUT2D eigenvalue weighted by molar-refractivity contribution is 0.477. The maximum atomic E-state index is 4.26. The van der Waals surface area contributed by atoms with Crippen LogP contribution in [0.3, 0.4) is 0 Å². The van der Waals surface area contributed by atoms with E-state index in [1.54, 1.807) is 0 Å². The second-order valence-corrected chi connectivity index (χ2v) is 4.91. The summed E-state index contributed by atoms with van der Waals surface area (Å²) in [7, 11) is 0. The second kappa shape index (κ2) is 4.74. The smallest absolute Gasteiger partial charge is 0.263 e. The van der Waals surface area contributed by atoms with Crippen LogP contribution in [0.15, 0.2) is 12.4 Å². The highest BCUT2D eigenvalue weighted by atomic mass is 27.0. The summed E-state index contributed by atoms with van der Waals surface area (Å²) in [4.78, 5) is 8.53. The van der Waals surface area contributed by atoms with E-state index < -0.39 is 0 Å². The lowest BCUT2D eigenvalue weighted by Gasteiger charge is -2.23. The molecule has 0 spiro atoms. The van der Waals surface area contributed by atoms with Gasteiger partial charge in [-0.05, 0) is 25.9 Å². The summed E-state index contributed by atoms with van der Waals surface area (Å²) in [6, 6.07) is 0.538. The Morgan fingerprint density at radius 3 is 2.57 bits per heavy atom. The zero-order chi connectivity index (χ0) is 9.80. The average Bonchev–Trinajstić information content (AvgIpc) is 2.23. The lowest BCUT2D eigenvalue weighted by atomic mass is 10.1. The van der Waals surface area contributed by atoms with E-state index >= 15 is 0 Å². The van der Waals surface area contributed by atoms with Gasteiger partial charge in [0.2, 0.25) is 5.95 Å². The van der Waals surface area contributed by atoms with E-state index in [4.69, 9.17) is 0 Å². The second-order valence-electron chi connectivity index (χ2n) is 3.75. The SMILES string of the molecule is [AlH2][c]1cnc(NC2CCNCC2)nc1. The predicted molar refractivity (Wildman–Crippen MR) is 59.7 cm³/mol. The van der Waals surface area contributed by atoms with Gasteiger partial charge in [-0.3, -0.25) is 0 Å². The standard InChI is InChI=1S/C9H13N4.Al.2H/c1-4-11-9(12-5-1)13-8-2-6-10-7-3-8;;;/h4-5,8,10H,2-3,6-7H2,(H,11,12,13);;;. The minimum Gasteiger partial charge on any atom is -0.351 e. The number of aromatic nitrogens is 2. The highest BCUT2D eigenvalue weighted by molar-refractivity contribution is 6.31. The summed E-state index contributed by atoms with van der Waals surface area (Å²) in [5, 5.41) is 6.70. The fourth-order valence-corrected chi connectivity index (χ4v) is 1.87. The van der Waals surface area contributed by atoms with Gasteiger partial charge >= 0.3 is 0 Å². The van der Waals surface area contributed by atoms with E-state index in [9.17, 15) is 0 Å². The first-order valence-corrected chi connectivity index (χ1v) is 6.10. The van der Waals surface area contributed by atoms with Crippen molar-refractivity contribution in [1.29, 1.82) is 0 Å². The van der Waals surface area contributed by atoms with Crippen LogP contribution in [0.5, 0.6) is 0 Å². The molecule has 0 atom stereocenters. The van der Waals surface area contributed by atoms with Crippen molar-refractivity contribution in [3.63, 3.8) is 0 Å². The molecule has 0 radical (unpaired) electrons. The van der Waals surface area contributed by atoms with E-state index in [0.717, 1.165) is 48.2 Å². The summed E-state index contributed by atoms with van der Waals surface area (Å²) >= 11 is 1.02. The number of piperidine rings is 1. The van der Waals surface area contributed by atoms with Crippen molar-refractivity contribution in [3.8, 4) is 0 Å². The quantitative estimate of drug-likeness (QED) is 0.603. The van der Waals surface area contributed by atoms with Crippen LogP contribution in [-0.4, -0.2) is 45.4 Å². The van der Waals surface area contributed by atoms with Crippen molar-refractivity contribution in [3.05, 3.63) is 12.4 Å². The van der Waals surface area contributed by atoms with Crippen LogP contribution >= 0.6 is 0 Å². The third-order valence-electron chi connectivity index (χ3n) is 2.45. The Labute approximate surface area is 92.0 Å². The van der Waals surface area contributed by atoms with Gasteiger partial charge < -0.3 is 10.6 Å². The molecule has 0 aromatic carbocycles. The third-order valence-corrected chi connectivity index (χ3v) is 2.97. The number of nitrogens with one attached hydrogen (secondary N) is 2. The molecule has 1 aliphatic heterocycles. The van der Waals surface area contributed by atoms with Crippen molar-refractivity contribution in [2.75, 3.05) is 18.4 Å². The molecule has 0 bridgehead atoms. The number of rotatable bonds is 2. The van der Waals surface area contributed by atoms with Gasteiger partial charge in [-0.15, -0.1) is 0 Å². The van der Waals surface area contributed by atoms with Gasteiger partial charge in [0.15, 0.2) is 0 Å². The number of nitrogens with zero attached hydrogens (tertiary/aromatic N) is 2. The topological polar surface area (TPSA) is 49.8 Å². The molecular formula is C9H15AlN4. The number of anilines is 1. The summed E-state index contributed by atoms with van der Waals surface area (Å²) in [5.41, 5.74) is 0. The lowest BCUT2D eigenvalue weighted by Crippen LogP contribution is -2.35. The van der Waals surface area contributed by atoms with Crippen LogP contribution in [0.4, 0.5) is 5.95 Å². The van der Waals surface area contributed by atoms with Crippen molar-refractivity contribution >= 4 is 26.7 Å². The van der Waals surface area contributed by atoms with E-state index in [2.05, 4.69) is 20.6 Å². The van der Waals surface area contributed by atoms with Gasteiger partial charge in [-0.2, -0.15) is 0 Å². The summed E-state index contributed by atoms with van der Waals surface area (Å²) in [6.45, 7) is 2.19. The van der Waals surface area contributed by atoms with Crippen molar-refractivity contribution in [1.82, 2.24) is 15.3 Å². The van der Waals surface area contributed by atoms with Crippen molar-refractivity contribution in [2.45, 2.75) is 18.9 Å². The Balaban J connectivity index is 1.92. The van der Waals surface area contributed by atoms with Gasteiger partial charge in [-0.1, -0.05) is 4.43 Å². The average molecular weight is 206 g/mol. The molecule has 1 fully saturated rings. The molecule has 2 heterocycles. The molecule has 1 aromatic heterocycles. The minimum atomic E-state index is 0.538. The molecule has 1 saturated heterocycles. The monoisotopic (exact) mass is 206 g/mol. The molecule has 4 nitrogen and oxygen atoms in total. The molecule has 2 rings (SSSR count). The zero-order valence-electron chi connectivity index (χ0n) is 8.45. The molecule has 14 heavy (non-hydrogen) atoms. The Kier molecular flexibility index (Phi) is 3.36. The first kappa shape index (κ1) is 9.91. The highest BCUT2D eigenvalue weighted by Gasteiger charge is 2.12. The van der Waals surface area contributed by atoms with Gasteiger partial charge in [0.1, 0.15) is 0 Å². The van der Waals surface area contributed by atoms with Crippen LogP contribution in [0.1, 0.15) is 12.8 Å². The molecule has 0 amide bonds. The first-order chi connectivity index (χ1) is 6.84. The van der Waals surface area contributed by atoms with Gasteiger partial charge in [0, 0.05) is 18.4 Å². The largest absolute Gasteiger partial charge is 0.351 e. The molecular weight excluding hydrogens is 191 g/mol. The zero-order valence-corrected chi connectivity index (χ0v) is 10.5. The Morgan fingerprint density at radius 1 is 1.29 bits per heavy atom. The molecule has 0 saturated carbocycles. The van der Waals surface area contributed by atoms with E-state index in [-0.39, 0.29) is 0 Å². The summed E-state index contributed by atoms with van der Waals surface area (Å²) in [6.07, 6.45) is 6.13. The van der Waals surface area contributed by atoms with Crippen LogP contribution in [0, 0.1) is 0 Å². The van der Waals surface area contributed by atoms with Gasteiger partial charge in [0.25, 0.3) is 16.3 Å². The van der Waals surface area contributed by atoms with Crippen molar-refractivity contribution in [2.24, 2.45) is 0 Å². The van der Waals surface area contributed by atoms with E-state index in [1.165, 1.54) is 4.43 Å². The van der Waals surface area contributed by atoms with Crippen LogP contribution in [0.2, 0.25) is 0 Å². The molecule has 0 unspecified atom stereocenters. The molecule has 1 aliphatic rings. The maximum Gasteiger partial charge on any atom is 0.263 e. The first-order valence-electron chi connectivity index (χ1n) is 5.10. The van der Waals surface area contributed by atoms with Gasteiger partial charge in [0.05, 0.1) is 0 Å². The Morgan fingerprint density at radius 2 is 1.93 bits per heavy atom. The van der Waals surface area contributed by atoms with Crippen LogP contribution < -0.4 is 15.1 Å². The molecule has 2 N–H and O–H groups in total. The third kappa shape index (κ3) is 2.68. The predicted octanol–water partition coefficient (Wildman–Crippen LogP) is -1.10.